The topological polar surface area (TPSA) is 46.5 Å². The minimum Gasteiger partial charge on any atom is -0.487 e. The van der Waals surface area contributed by atoms with Crippen molar-refractivity contribution in [2.24, 2.45) is 0 Å². The molecule has 1 N–H and O–H groups in total. The van der Waals surface area contributed by atoms with E-state index in [9.17, 15) is 4.79 Å². The van der Waals surface area contributed by atoms with Gasteiger partial charge in [-0.2, -0.15) is 0 Å². The maximum absolute atomic E-state index is 11.1. The molecule has 0 fully saturated rings. The van der Waals surface area contributed by atoms with Gasteiger partial charge in [0.1, 0.15) is 17.9 Å². The largest absolute Gasteiger partial charge is 0.487 e. The third-order valence-corrected chi connectivity index (χ3v) is 4.31. The second-order valence-electron chi connectivity index (χ2n) is 3.96. The fourth-order valence-corrected chi connectivity index (χ4v) is 2.84. The smallest absolute Gasteiger partial charge is 0.339 e. The quantitative estimate of drug-likeness (QED) is 0.879. The van der Waals surface area contributed by atoms with Crippen LogP contribution in [-0.4, -0.2) is 11.1 Å². The van der Waals surface area contributed by atoms with Gasteiger partial charge in [-0.15, -0.1) is 11.3 Å². The second-order valence-corrected chi connectivity index (χ2v) is 6.12. The standard InChI is InChI=1S/C14H13BrO3S/c1-2-10-4-5-11(19-10)8-18-13-7-9(15)3-6-12(13)14(16)17/h3-7H,2,8H2,1H3,(H,16,17). The number of hydrogen-bond donors (Lipinski definition) is 1. The Labute approximate surface area is 124 Å². The van der Waals surface area contributed by atoms with E-state index < -0.39 is 5.97 Å². The highest BCUT2D eigenvalue weighted by molar-refractivity contribution is 9.10. The number of aromatic carboxylic acids is 1. The molecule has 0 spiro atoms. The number of rotatable bonds is 5. The molecule has 0 atom stereocenters. The van der Waals surface area contributed by atoms with Gasteiger partial charge in [-0.05, 0) is 36.8 Å². The Hall–Kier alpha value is -1.33. The Balaban J connectivity index is 2.14. The van der Waals surface area contributed by atoms with Crippen molar-refractivity contribution in [1.82, 2.24) is 0 Å². The van der Waals surface area contributed by atoms with Crippen molar-refractivity contribution in [1.29, 1.82) is 0 Å². The van der Waals surface area contributed by atoms with E-state index in [4.69, 9.17) is 9.84 Å². The molecule has 1 aromatic heterocycles. The lowest BCUT2D eigenvalue weighted by Gasteiger charge is -2.08. The third-order valence-electron chi connectivity index (χ3n) is 2.61. The van der Waals surface area contributed by atoms with E-state index in [1.54, 1.807) is 23.5 Å². The highest BCUT2D eigenvalue weighted by atomic mass is 79.9. The Morgan fingerprint density at radius 1 is 1.32 bits per heavy atom. The van der Waals surface area contributed by atoms with Gasteiger partial charge in [0.2, 0.25) is 0 Å². The van der Waals surface area contributed by atoms with Gasteiger partial charge in [0, 0.05) is 14.2 Å². The number of carboxylic acids is 1. The van der Waals surface area contributed by atoms with E-state index in [0.29, 0.717) is 12.4 Å². The van der Waals surface area contributed by atoms with Crippen LogP contribution in [0.25, 0.3) is 0 Å². The first-order valence-electron chi connectivity index (χ1n) is 5.83. The van der Waals surface area contributed by atoms with Gasteiger partial charge >= 0.3 is 5.97 Å². The van der Waals surface area contributed by atoms with Crippen LogP contribution in [0.1, 0.15) is 27.0 Å². The van der Waals surface area contributed by atoms with Crippen LogP contribution in [0.2, 0.25) is 0 Å². The summed E-state index contributed by atoms with van der Waals surface area (Å²) >= 11 is 5.00. The molecule has 0 unspecified atom stereocenters. The van der Waals surface area contributed by atoms with E-state index in [1.807, 2.05) is 6.07 Å². The van der Waals surface area contributed by atoms with Crippen LogP contribution in [0.15, 0.2) is 34.8 Å². The molecule has 0 radical (unpaired) electrons. The van der Waals surface area contributed by atoms with E-state index in [-0.39, 0.29) is 5.56 Å². The van der Waals surface area contributed by atoms with Crippen LogP contribution < -0.4 is 4.74 Å². The molecule has 0 amide bonds. The summed E-state index contributed by atoms with van der Waals surface area (Å²) < 4.78 is 6.42. The molecular formula is C14H13BrO3S. The number of benzene rings is 1. The van der Waals surface area contributed by atoms with E-state index >= 15 is 0 Å². The minimum absolute atomic E-state index is 0.176. The molecule has 1 heterocycles. The van der Waals surface area contributed by atoms with Crippen LogP contribution in [0.5, 0.6) is 5.75 Å². The summed E-state index contributed by atoms with van der Waals surface area (Å²) in [6.07, 6.45) is 1.00. The summed E-state index contributed by atoms with van der Waals surface area (Å²) in [5, 5.41) is 9.10. The predicted molar refractivity (Wildman–Crippen MR) is 79.1 cm³/mol. The predicted octanol–water partition coefficient (Wildman–Crippen LogP) is 4.35. The number of carboxylic acid groups (broad SMARTS) is 1. The SMILES string of the molecule is CCc1ccc(COc2cc(Br)ccc2C(=O)O)s1. The summed E-state index contributed by atoms with van der Waals surface area (Å²) in [6, 6.07) is 8.99. The molecule has 2 rings (SSSR count). The van der Waals surface area contributed by atoms with Crippen molar-refractivity contribution in [3.63, 3.8) is 0 Å². The molecule has 2 aromatic rings. The molecule has 0 bridgehead atoms. The molecular weight excluding hydrogens is 328 g/mol. The van der Waals surface area contributed by atoms with E-state index in [1.165, 1.54) is 10.9 Å². The number of ether oxygens (including phenoxy) is 1. The monoisotopic (exact) mass is 340 g/mol. The summed E-state index contributed by atoms with van der Waals surface area (Å²) in [7, 11) is 0. The van der Waals surface area contributed by atoms with Crippen molar-refractivity contribution >= 4 is 33.2 Å². The summed E-state index contributed by atoms with van der Waals surface area (Å²) in [4.78, 5) is 13.5. The van der Waals surface area contributed by atoms with Crippen molar-refractivity contribution < 1.29 is 14.6 Å². The lowest BCUT2D eigenvalue weighted by molar-refractivity contribution is 0.0692. The average Bonchev–Trinajstić information content (AvgIpc) is 2.84. The Bertz CT molecular complexity index is 592. The van der Waals surface area contributed by atoms with Gasteiger partial charge in [0.15, 0.2) is 0 Å². The maximum atomic E-state index is 11.1. The number of hydrogen-bond acceptors (Lipinski definition) is 3. The summed E-state index contributed by atoms with van der Waals surface area (Å²) in [5.74, 6) is -0.601. The molecule has 0 saturated carbocycles. The second kappa shape index (κ2) is 6.21. The van der Waals surface area contributed by atoms with Gasteiger partial charge < -0.3 is 9.84 Å². The molecule has 5 heteroatoms. The van der Waals surface area contributed by atoms with Crippen LogP contribution in [0, 0.1) is 0 Å². The summed E-state index contributed by atoms with van der Waals surface area (Å²) in [6.45, 7) is 2.49. The first-order valence-corrected chi connectivity index (χ1v) is 7.44. The molecule has 100 valence electrons. The minimum atomic E-state index is -0.983. The van der Waals surface area contributed by atoms with Crippen molar-refractivity contribution in [2.45, 2.75) is 20.0 Å². The molecule has 0 aliphatic carbocycles. The number of carbonyl (C=O) groups is 1. The molecule has 0 aliphatic heterocycles. The van der Waals surface area contributed by atoms with E-state index in [0.717, 1.165) is 15.8 Å². The summed E-state index contributed by atoms with van der Waals surface area (Å²) in [5.41, 5.74) is 0.176. The lowest BCUT2D eigenvalue weighted by Crippen LogP contribution is -2.02. The molecule has 0 saturated heterocycles. The Morgan fingerprint density at radius 2 is 2.05 bits per heavy atom. The van der Waals surface area contributed by atoms with Crippen LogP contribution in [0.4, 0.5) is 0 Å². The normalized spacial score (nSPS) is 10.4. The highest BCUT2D eigenvalue weighted by Gasteiger charge is 2.12. The third kappa shape index (κ3) is 3.58. The van der Waals surface area contributed by atoms with Crippen molar-refractivity contribution in [3.05, 3.63) is 50.1 Å². The molecule has 0 aliphatic rings. The molecule has 3 nitrogen and oxygen atoms in total. The zero-order chi connectivity index (χ0) is 13.8. The van der Waals surface area contributed by atoms with E-state index in [2.05, 4.69) is 28.9 Å². The fraction of sp³-hybridized carbons (Fsp3) is 0.214. The number of thiophene rings is 1. The van der Waals surface area contributed by atoms with Crippen molar-refractivity contribution in [3.8, 4) is 5.75 Å². The fourth-order valence-electron chi connectivity index (χ4n) is 1.63. The average molecular weight is 341 g/mol. The Morgan fingerprint density at radius 3 is 2.68 bits per heavy atom. The van der Waals surface area contributed by atoms with Gasteiger partial charge in [-0.25, -0.2) is 4.79 Å². The van der Waals surface area contributed by atoms with Gasteiger partial charge in [0.25, 0.3) is 0 Å². The number of halogens is 1. The molecule has 19 heavy (non-hydrogen) atoms. The zero-order valence-electron chi connectivity index (χ0n) is 10.4. The first kappa shape index (κ1) is 14.1. The number of aryl methyl sites for hydroxylation is 1. The van der Waals surface area contributed by atoms with Gasteiger partial charge in [-0.3, -0.25) is 0 Å². The zero-order valence-corrected chi connectivity index (χ0v) is 12.8. The Kier molecular flexibility index (Phi) is 4.61. The van der Waals surface area contributed by atoms with Gasteiger partial charge in [0.05, 0.1) is 0 Å². The van der Waals surface area contributed by atoms with Crippen LogP contribution >= 0.6 is 27.3 Å². The lowest BCUT2D eigenvalue weighted by atomic mass is 10.2. The first-order chi connectivity index (χ1) is 9.10. The molecule has 1 aromatic carbocycles. The van der Waals surface area contributed by atoms with Crippen LogP contribution in [0.3, 0.4) is 0 Å². The maximum Gasteiger partial charge on any atom is 0.339 e. The van der Waals surface area contributed by atoms with Gasteiger partial charge in [-0.1, -0.05) is 22.9 Å². The highest BCUT2D eigenvalue weighted by Crippen LogP contribution is 2.26. The van der Waals surface area contributed by atoms with Crippen molar-refractivity contribution in [2.75, 3.05) is 0 Å². The van der Waals surface area contributed by atoms with Crippen LogP contribution in [-0.2, 0) is 13.0 Å².